The summed E-state index contributed by atoms with van der Waals surface area (Å²) in [4.78, 5) is 23.0. The van der Waals surface area contributed by atoms with Crippen LogP contribution in [0.5, 0.6) is 0 Å². The fourth-order valence-electron chi connectivity index (χ4n) is 1.75. The molecule has 100 valence electrons. The molecule has 5 nitrogen and oxygen atoms in total. The average molecular weight is 260 g/mol. The number of carbonyl (C=O) groups excluding carboxylic acids is 1. The Morgan fingerprint density at radius 2 is 2.16 bits per heavy atom. The van der Waals surface area contributed by atoms with Crippen LogP contribution in [0, 0.1) is 0 Å². The molecule has 0 fully saturated rings. The number of hydrogen-bond acceptors (Lipinski definition) is 3. The van der Waals surface area contributed by atoms with Gasteiger partial charge < -0.3 is 14.3 Å². The van der Waals surface area contributed by atoms with Crippen LogP contribution in [0.2, 0.25) is 0 Å². The molecule has 2 aromatic heterocycles. The van der Waals surface area contributed by atoms with Gasteiger partial charge in [-0.3, -0.25) is 9.59 Å². The van der Waals surface area contributed by atoms with E-state index in [4.69, 9.17) is 4.42 Å². The SMILES string of the molecule is O=C(Cn1ccccc1=O)NCCCc1ccco1. The quantitative estimate of drug-likeness (QED) is 0.793. The van der Waals surface area contributed by atoms with E-state index < -0.39 is 0 Å². The number of rotatable bonds is 6. The Morgan fingerprint density at radius 1 is 1.26 bits per heavy atom. The number of carbonyl (C=O) groups is 1. The van der Waals surface area contributed by atoms with E-state index in [-0.39, 0.29) is 18.0 Å². The lowest BCUT2D eigenvalue weighted by Crippen LogP contribution is -2.32. The molecule has 1 N–H and O–H groups in total. The van der Waals surface area contributed by atoms with Crippen molar-refractivity contribution in [1.29, 1.82) is 0 Å². The molecule has 2 aromatic rings. The van der Waals surface area contributed by atoms with E-state index in [0.29, 0.717) is 6.54 Å². The van der Waals surface area contributed by atoms with Crippen LogP contribution in [0.4, 0.5) is 0 Å². The van der Waals surface area contributed by atoms with Gasteiger partial charge >= 0.3 is 0 Å². The summed E-state index contributed by atoms with van der Waals surface area (Å²) in [5.74, 6) is 0.751. The third-order valence-corrected chi connectivity index (χ3v) is 2.72. The molecule has 2 rings (SSSR count). The third-order valence-electron chi connectivity index (χ3n) is 2.72. The van der Waals surface area contributed by atoms with Gasteiger partial charge in [-0.05, 0) is 24.6 Å². The minimum absolute atomic E-state index is 0.0560. The van der Waals surface area contributed by atoms with E-state index in [2.05, 4.69) is 5.32 Å². The maximum absolute atomic E-state index is 11.6. The standard InChI is InChI=1S/C14H16N2O3/c17-13(11-16-9-2-1-7-14(16)18)15-8-3-5-12-6-4-10-19-12/h1-2,4,6-7,9-10H,3,5,8,11H2,(H,15,17). The van der Waals surface area contributed by atoms with Gasteiger partial charge in [-0.2, -0.15) is 0 Å². The molecular weight excluding hydrogens is 244 g/mol. The van der Waals surface area contributed by atoms with Crippen LogP contribution in [0.15, 0.2) is 52.0 Å². The van der Waals surface area contributed by atoms with Crippen molar-refractivity contribution in [1.82, 2.24) is 9.88 Å². The number of furan rings is 1. The molecule has 0 aliphatic rings. The van der Waals surface area contributed by atoms with Crippen LogP contribution < -0.4 is 10.9 Å². The second kappa shape index (κ2) is 6.58. The molecule has 0 aromatic carbocycles. The van der Waals surface area contributed by atoms with Gasteiger partial charge in [0, 0.05) is 25.2 Å². The van der Waals surface area contributed by atoms with Crippen LogP contribution in [-0.2, 0) is 17.8 Å². The molecule has 2 heterocycles. The van der Waals surface area contributed by atoms with Crippen LogP contribution in [0.3, 0.4) is 0 Å². The highest BCUT2D eigenvalue weighted by molar-refractivity contribution is 5.75. The topological polar surface area (TPSA) is 64.2 Å². The molecule has 0 unspecified atom stereocenters. The lowest BCUT2D eigenvalue weighted by atomic mass is 10.2. The van der Waals surface area contributed by atoms with Crippen molar-refractivity contribution in [2.45, 2.75) is 19.4 Å². The largest absolute Gasteiger partial charge is 0.469 e. The highest BCUT2D eigenvalue weighted by Crippen LogP contribution is 2.02. The smallest absolute Gasteiger partial charge is 0.250 e. The van der Waals surface area contributed by atoms with Gasteiger partial charge in [0.05, 0.1) is 6.26 Å². The van der Waals surface area contributed by atoms with Crippen LogP contribution in [-0.4, -0.2) is 17.0 Å². The molecule has 0 atom stereocenters. The van der Waals surface area contributed by atoms with Gasteiger partial charge in [-0.25, -0.2) is 0 Å². The fourth-order valence-corrected chi connectivity index (χ4v) is 1.75. The lowest BCUT2D eigenvalue weighted by molar-refractivity contribution is -0.121. The fraction of sp³-hybridized carbons (Fsp3) is 0.286. The first kappa shape index (κ1) is 13.1. The van der Waals surface area contributed by atoms with Gasteiger partial charge in [0.1, 0.15) is 12.3 Å². The Labute approximate surface area is 110 Å². The van der Waals surface area contributed by atoms with E-state index in [9.17, 15) is 9.59 Å². The molecule has 5 heteroatoms. The summed E-state index contributed by atoms with van der Waals surface area (Å²) < 4.78 is 6.57. The third kappa shape index (κ3) is 4.13. The monoisotopic (exact) mass is 260 g/mol. The van der Waals surface area contributed by atoms with Gasteiger partial charge in [-0.15, -0.1) is 0 Å². The van der Waals surface area contributed by atoms with Crippen LogP contribution >= 0.6 is 0 Å². The maximum atomic E-state index is 11.6. The summed E-state index contributed by atoms with van der Waals surface area (Å²) in [6.45, 7) is 0.627. The molecule has 0 saturated carbocycles. The Balaban J connectivity index is 1.70. The molecule has 0 aliphatic carbocycles. The minimum Gasteiger partial charge on any atom is -0.469 e. The van der Waals surface area contributed by atoms with Crippen LogP contribution in [0.1, 0.15) is 12.2 Å². The number of pyridine rings is 1. The highest BCUT2D eigenvalue weighted by atomic mass is 16.3. The summed E-state index contributed by atoms with van der Waals surface area (Å²) in [7, 11) is 0. The molecule has 0 saturated heterocycles. The zero-order valence-corrected chi connectivity index (χ0v) is 10.5. The first-order valence-electron chi connectivity index (χ1n) is 6.20. The molecule has 0 aliphatic heterocycles. The highest BCUT2D eigenvalue weighted by Gasteiger charge is 2.03. The maximum Gasteiger partial charge on any atom is 0.250 e. The zero-order chi connectivity index (χ0) is 13.5. The van der Waals surface area contributed by atoms with Gasteiger partial charge in [0.25, 0.3) is 5.56 Å². The first-order chi connectivity index (χ1) is 9.25. The number of aromatic nitrogens is 1. The van der Waals surface area contributed by atoms with Crippen molar-refractivity contribution in [2.75, 3.05) is 6.54 Å². The van der Waals surface area contributed by atoms with E-state index >= 15 is 0 Å². The average Bonchev–Trinajstić information content (AvgIpc) is 2.91. The molecule has 0 radical (unpaired) electrons. The number of hydrogen-bond donors (Lipinski definition) is 1. The van der Waals surface area contributed by atoms with Gasteiger partial charge in [0.2, 0.25) is 5.91 Å². The molecular formula is C14H16N2O3. The Morgan fingerprint density at radius 3 is 2.89 bits per heavy atom. The molecule has 0 bridgehead atoms. The van der Waals surface area contributed by atoms with Crippen molar-refractivity contribution < 1.29 is 9.21 Å². The van der Waals surface area contributed by atoms with E-state index in [1.807, 2.05) is 12.1 Å². The molecule has 1 amide bonds. The van der Waals surface area contributed by atoms with Crippen molar-refractivity contribution in [3.63, 3.8) is 0 Å². The molecule has 19 heavy (non-hydrogen) atoms. The Hall–Kier alpha value is -2.30. The molecule has 0 spiro atoms. The summed E-state index contributed by atoms with van der Waals surface area (Å²) in [5.41, 5.74) is -0.173. The normalized spacial score (nSPS) is 10.3. The Bertz CT molecular complexity index is 572. The summed E-state index contributed by atoms with van der Waals surface area (Å²) in [6, 6.07) is 8.57. The number of amides is 1. The van der Waals surface area contributed by atoms with Gasteiger partial charge in [-0.1, -0.05) is 6.07 Å². The summed E-state index contributed by atoms with van der Waals surface area (Å²) >= 11 is 0. The Kier molecular flexibility index (Phi) is 4.55. The van der Waals surface area contributed by atoms with Crippen molar-refractivity contribution in [2.24, 2.45) is 0 Å². The van der Waals surface area contributed by atoms with Gasteiger partial charge in [0.15, 0.2) is 0 Å². The zero-order valence-electron chi connectivity index (χ0n) is 10.5. The predicted molar refractivity (Wildman–Crippen MR) is 70.7 cm³/mol. The minimum atomic E-state index is -0.173. The second-order valence-corrected chi connectivity index (χ2v) is 4.20. The number of nitrogens with one attached hydrogen (secondary N) is 1. The summed E-state index contributed by atoms with van der Waals surface area (Å²) in [5, 5.41) is 2.78. The van der Waals surface area contributed by atoms with Crippen molar-refractivity contribution in [3.8, 4) is 0 Å². The lowest BCUT2D eigenvalue weighted by Gasteiger charge is -2.06. The van der Waals surface area contributed by atoms with E-state index in [0.717, 1.165) is 18.6 Å². The summed E-state index contributed by atoms with van der Waals surface area (Å²) in [6.07, 6.45) is 4.84. The first-order valence-corrected chi connectivity index (χ1v) is 6.20. The predicted octanol–water partition coefficient (Wildman–Crippen LogP) is 1.19. The van der Waals surface area contributed by atoms with Crippen molar-refractivity contribution in [3.05, 3.63) is 58.9 Å². The van der Waals surface area contributed by atoms with Crippen molar-refractivity contribution >= 4 is 5.91 Å². The van der Waals surface area contributed by atoms with E-state index in [1.54, 1.807) is 24.6 Å². The second-order valence-electron chi connectivity index (χ2n) is 4.20. The number of aryl methyl sites for hydroxylation is 1. The number of nitrogens with zero attached hydrogens (tertiary/aromatic N) is 1. The van der Waals surface area contributed by atoms with Crippen LogP contribution in [0.25, 0.3) is 0 Å². The van der Waals surface area contributed by atoms with E-state index in [1.165, 1.54) is 10.6 Å².